The van der Waals surface area contributed by atoms with Crippen LogP contribution in [0.2, 0.25) is 0 Å². The number of aryl methyl sites for hydroxylation is 3. The molecule has 0 bridgehead atoms. The number of thiophene rings is 1. The zero-order chi connectivity index (χ0) is 11.3. The fraction of sp³-hybridized carbons (Fsp3) is 0.200. The van der Waals surface area contributed by atoms with Crippen molar-refractivity contribution < 1.29 is 0 Å². The van der Waals surface area contributed by atoms with Gasteiger partial charge in [0, 0.05) is 20.2 Å². The predicted molar refractivity (Wildman–Crippen MR) is 73.5 cm³/mol. The Balaban J connectivity index is 2.55. The first kappa shape index (κ1) is 9.86. The SMILES string of the molecule is Cc1ccc2c(c1)sc1c(C)cc(C)cc12. The summed E-state index contributed by atoms with van der Waals surface area (Å²) in [5.41, 5.74) is 4.09. The number of hydrogen-bond acceptors (Lipinski definition) is 1. The van der Waals surface area contributed by atoms with E-state index >= 15 is 0 Å². The molecule has 1 aromatic heterocycles. The van der Waals surface area contributed by atoms with Crippen molar-refractivity contribution in [2.75, 3.05) is 0 Å². The molecular formula is C15H14S. The van der Waals surface area contributed by atoms with Gasteiger partial charge in [0.15, 0.2) is 0 Å². The van der Waals surface area contributed by atoms with Crippen LogP contribution in [0.25, 0.3) is 20.2 Å². The van der Waals surface area contributed by atoms with Crippen LogP contribution in [0.3, 0.4) is 0 Å². The maximum absolute atomic E-state index is 2.30. The third-order valence-electron chi connectivity index (χ3n) is 3.06. The minimum Gasteiger partial charge on any atom is -0.135 e. The molecule has 2 aromatic carbocycles. The van der Waals surface area contributed by atoms with Crippen LogP contribution >= 0.6 is 11.3 Å². The Bertz CT molecular complexity index is 689. The summed E-state index contributed by atoms with van der Waals surface area (Å²) in [5.74, 6) is 0. The molecule has 0 radical (unpaired) electrons. The van der Waals surface area contributed by atoms with Gasteiger partial charge in [0.1, 0.15) is 0 Å². The Morgan fingerprint density at radius 3 is 2.44 bits per heavy atom. The van der Waals surface area contributed by atoms with Gasteiger partial charge in [0.25, 0.3) is 0 Å². The lowest BCUT2D eigenvalue weighted by molar-refractivity contribution is 1.44. The maximum atomic E-state index is 2.30. The summed E-state index contributed by atoms with van der Waals surface area (Å²) in [6.45, 7) is 6.53. The average molecular weight is 226 g/mol. The summed E-state index contributed by atoms with van der Waals surface area (Å²) in [5, 5.41) is 2.81. The van der Waals surface area contributed by atoms with E-state index in [9.17, 15) is 0 Å². The van der Waals surface area contributed by atoms with Crippen molar-refractivity contribution in [2.24, 2.45) is 0 Å². The van der Waals surface area contributed by atoms with Gasteiger partial charge in [-0.25, -0.2) is 0 Å². The normalized spacial score (nSPS) is 11.4. The molecular weight excluding hydrogens is 212 g/mol. The molecule has 0 aliphatic carbocycles. The van der Waals surface area contributed by atoms with Crippen LogP contribution in [0.15, 0.2) is 30.3 Å². The molecule has 0 amide bonds. The van der Waals surface area contributed by atoms with Gasteiger partial charge < -0.3 is 0 Å². The van der Waals surface area contributed by atoms with Gasteiger partial charge in [-0.15, -0.1) is 11.3 Å². The Labute approximate surface area is 99.5 Å². The van der Waals surface area contributed by atoms with E-state index in [0.29, 0.717) is 0 Å². The summed E-state index contributed by atoms with van der Waals surface area (Å²) in [6.07, 6.45) is 0. The molecule has 1 heteroatoms. The minimum atomic E-state index is 1.34. The van der Waals surface area contributed by atoms with E-state index in [4.69, 9.17) is 0 Å². The zero-order valence-corrected chi connectivity index (χ0v) is 10.6. The highest BCUT2D eigenvalue weighted by atomic mass is 32.1. The molecule has 0 aliphatic rings. The molecule has 0 N–H and O–H groups in total. The second-order valence-electron chi connectivity index (χ2n) is 4.56. The number of rotatable bonds is 0. The number of fused-ring (bicyclic) bond motifs is 3. The first-order chi connectivity index (χ1) is 7.65. The van der Waals surface area contributed by atoms with E-state index in [0.717, 1.165) is 0 Å². The summed E-state index contributed by atoms with van der Waals surface area (Å²) < 4.78 is 2.84. The van der Waals surface area contributed by atoms with Gasteiger partial charge in [-0.3, -0.25) is 0 Å². The topological polar surface area (TPSA) is 0 Å². The van der Waals surface area contributed by atoms with Crippen molar-refractivity contribution in [3.8, 4) is 0 Å². The second-order valence-corrected chi connectivity index (χ2v) is 5.61. The standard InChI is InChI=1S/C15H14S/c1-9-4-5-12-13-7-10(2)6-11(3)15(13)16-14(12)8-9/h4-8H,1-3H3. The highest BCUT2D eigenvalue weighted by Crippen LogP contribution is 2.36. The quantitative estimate of drug-likeness (QED) is 0.507. The summed E-state index contributed by atoms with van der Waals surface area (Å²) in [7, 11) is 0. The molecule has 0 fully saturated rings. The van der Waals surface area contributed by atoms with Crippen LogP contribution in [0.5, 0.6) is 0 Å². The molecule has 0 saturated carbocycles. The van der Waals surface area contributed by atoms with Gasteiger partial charge in [-0.05, 0) is 44.0 Å². The fourth-order valence-corrected chi connectivity index (χ4v) is 3.59. The van der Waals surface area contributed by atoms with E-state index in [1.165, 1.54) is 36.9 Å². The molecule has 3 rings (SSSR count). The largest absolute Gasteiger partial charge is 0.135 e. The fourth-order valence-electron chi connectivity index (χ4n) is 2.34. The van der Waals surface area contributed by atoms with Crippen LogP contribution in [-0.4, -0.2) is 0 Å². The first-order valence-corrected chi connectivity index (χ1v) is 6.37. The summed E-state index contributed by atoms with van der Waals surface area (Å²) in [6, 6.07) is 11.3. The average Bonchev–Trinajstić information content (AvgIpc) is 2.56. The first-order valence-electron chi connectivity index (χ1n) is 5.55. The van der Waals surface area contributed by atoms with E-state index in [1.807, 2.05) is 11.3 Å². The summed E-state index contributed by atoms with van der Waals surface area (Å²) in [4.78, 5) is 0. The molecule has 0 unspecified atom stereocenters. The Kier molecular flexibility index (Phi) is 2.05. The Morgan fingerprint density at radius 2 is 1.62 bits per heavy atom. The van der Waals surface area contributed by atoms with Gasteiger partial charge in [-0.2, -0.15) is 0 Å². The third kappa shape index (κ3) is 1.35. The Morgan fingerprint density at radius 1 is 0.812 bits per heavy atom. The molecule has 0 aliphatic heterocycles. The number of hydrogen-bond donors (Lipinski definition) is 0. The van der Waals surface area contributed by atoms with Crippen molar-refractivity contribution in [1.82, 2.24) is 0 Å². The van der Waals surface area contributed by atoms with E-state index in [-0.39, 0.29) is 0 Å². The smallest absolute Gasteiger partial charge is 0.0384 e. The number of benzene rings is 2. The second kappa shape index (κ2) is 3.33. The van der Waals surface area contributed by atoms with Crippen LogP contribution in [0.1, 0.15) is 16.7 Å². The molecule has 0 atom stereocenters. The minimum absolute atomic E-state index is 1.34. The van der Waals surface area contributed by atoms with Crippen molar-refractivity contribution in [1.29, 1.82) is 0 Å². The lowest BCUT2D eigenvalue weighted by Gasteiger charge is -1.98. The maximum Gasteiger partial charge on any atom is 0.0384 e. The molecule has 0 saturated heterocycles. The van der Waals surface area contributed by atoms with Crippen molar-refractivity contribution in [2.45, 2.75) is 20.8 Å². The Hall–Kier alpha value is -1.34. The monoisotopic (exact) mass is 226 g/mol. The van der Waals surface area contributed by atoms with Gasteiger partial charge in [0.2, 0.25) is 0 Å². The highest BCUT2D eigenvalue weighted by molar-refractivity contribution is 7.26. The van der Waals surface area contributed by atoms with Gasteiger partial charge in [0.05, 0.1) is 0 Å². The van der Waals surface area contributed by atoms with E-state index < -0.39 is 0 Å². The lowest BCUT2D eigenvalue weighted by Crippen LogP contribution is -1.76. The highest BCUT2D eigenvalue weighted by Gasteiger charge is 2.07. The zero-order valence-electron chi connectivity index (χ0n) is 9.79. The van der Waals surface area contributed by atoms with Gasteiger partial charge >= 0.3 is 0 Å². The van der Waals surface area contributed by atoms with E-state index in [2.05, 4.69) is 51.1 Å². The molecule has 0 nitrogen and oxygen atoms in total. The summed E-state index contributed by atoms with van der Waals surface area (Å²) >= 11 is 1.91. The van der Waals surface area contributed by atoms with Crippen LogP contribution in [0.4, 0.5) is 0 Å². The van der Waals surface area contributed by atoms with Crippen LogP contribution < -0.4 is 0 Å². The van der Waals surface area contributed by atoms with Gasteiger partial charge in [-0.1, -0.05) is 23.8 Å². The molecule has 1 heterocycles. The third-order valence-corrected chi connectivity index (χ3v) is 4.36. The molecule has 16 heavy (non-hydrogen) atoms. The van der Waals surface area contributed by atoms with Crippen molar-refractivity contribution >= 4 is 31.5 Å². The van der Waals surface area contributed by atoms with Crippen LogP contribution in [0, 0.1) is 20.8 Å². The predicted octanol–water partition coefficient (Wildman–Crippen LogP) is 4.98. The van der Waals surface area contributed by atoms with Crippen molar-refractivity contribution in [3.05, 3.63) is 47.0 Å². The van der Waals surface area contributed by atoms with Crippen molar-refractivity contribution in [3.63, 3.8) is 0 Å². The van der Waals surface area contributed by atoms with Crippen LogP contribution in [-0.2, 0) is 0 Å². The lowest BCUT2D eigenvalue weighted by atomic mass is 10.1. The van der Waals surface area contributed by atoms with E-state index in [1.54, 1.807) is 0 Å². The molecule has 3 aromatic rings. The molecule has 80 valence electrons. The molecule has 0 spiro atoms.